The van der Waals surface area contributed by atoms with Crippen molar-refractivity contribution in [3.63, 3.8) is 0 Å². The molecule has 5 nitrogen and oxygen atoms in total. The van der Waals surface area contributed by atoms with E-state index in [-0.39, 0.29) is 23.1 Å². The van der Waals surface area contributed by atoms with E-state index in [0.717, 1.165) is 11.3 Å². The van der Waals surface area contributed by atoms with Gasteiger partial charge in [0.05, 0.1) is 26.2 Å². The lowest BCUT2D eigenvalue weighted by Gasteiger charge is -2.06. The number of halogens is 2. The van der Waals surface area contributed by atoms with Gasteiger partial charge in [-0.05, 0) is 36.8 Å². The predicted octanol–water partition coefficient (Wildman–Crippen LogP) is 4.34. The number of carboxylic acids is 1. The van der Waals surface area contributed by atoms with Gasteiger partial charge < -0.3 is 10.2 Å². The van der Waals surface area contributed by atoms with Crippen LogP contribution in [0.15, 0.2) is 24.3 Å². The molecule has 0 saturated carbocycles. The maximum Gasteiger partial charge on any atom is 0.307 e. The summed E-state index contributed by atoms with van der Waals surface area (Å²) in [6.45, 7) is 1.66. The number of aromatic nitrogens is 1. The van der Waals surface area contributed by atoms with E-state index in [1.165, 1.54) is 16.7 Å². The number of benzene rings is 1. The number of phenolic OH excluding ortho intramolecular Hbond substituents is 1. The number of nitrogens with zero attached hydrogens (tertiary/aromatic N) is 1. The summed E-state index contributed by atoms with van der Waals surface area (Å²) in [7, 11) is 0. The first kappa shape index (κ1) is 16.8. The minimum atomic E-state index is -1.03. The van der Waals surface area contributed by atoms with Crippen molar-refractivity contribution in [2.75, 3.05) is 0 Å². The van der Waals surface area contributed by atoms with Crippen molar-refractivity contribution in [3.05, 3.63) is 49.8 Å². The smallest absolute Gasteiger partial charge is 0.307 e. The molecule has 24 heavy (non-hydrogen) atoms. The summed E-state index contributed by atoms with van der Waals surface area (Å²) in [4.78, 5) is 24.4. The number of rotatable bonds is 3. The molecule has 124 valence electrons. The van der Waals surface area contributed by atoms with Crippen LogP contribution >= 0.6 is 34.5 Å². The Bertz CT molecular complexity index is 990. The van der Waals surface area contributed by atoms with E-state index in [4.69, 9.17) is 28.3 Å². The topological polar surface area (TPSA) is 79.5 Å². The Morgan fingerprint density at radius 3 is 2.54 bits per heavy atom. The maximum absolute atomic E-state index is 12.9. The molecule has 0 unspecified atom stereocenters. The highest BCUT2D eigenvalue weighted by atomic mass is 35.5. The molecule has 0 amide bonds. The average Bonchev–Trinajstić information content (AvgIpc) is 3.03. The Labute approximate surface area is 150 Å². The zero-order valence-electron chi connectivity index (χ0n) is 12.3. The summed E-state index contributed by atoms with van der Waals surface area (Å²) in [5, 5.41) is 19.6. The third-order valence-electron chi connectivity index (χ3n) is 3.72. The van der Waals surface area contributed by atoms with E-state index < -0.39 is 5.97 Å². The number of carbonyl (C=O) groups is 2. The first-order valence-corrected chi connectivity index (χ1v) is 8.41. The standard InChI is InChI=1S/C16H11Cl2NO4S/c1-7-8(5-15(21)22)9-4-12(20)10(17)6-11(9)19(7)16(23)13-2-3-14(18)24-13/h2-4,6,20H,5H2,1H3,(H,21,22). The summed E-state index contributed by atoms with van der Waals surface area (Å²) < 4.78 is 1.88. The minimum absolute atomic E-state index is 0.0835. The van der Waals surface area contributed by atoms with Crippen LogP contribution in [0.2, 0.25) is 9.36 Å². The molecule has 2 heterocycles. The number of carboxylic acid groups (broad SMARTS) is 1. The van der Waals surface area contributed by atoms with Crippen LogP contribution in [0.5, 0.6) is 5.75 Å². The van der Waals surface area contributed by atoms with Crippen LogP contribution in [0.4, 0.5) is 0 Å². The molecule has 3 rings (SSSR count). The molecular formula is C16H11Cl2NO4S. The number of aromatic hydroxyl groups is 1. The lowest BCUT2D eigenvalue weighted by atomic mass is 10.1. The van der Waals surface area contributed by atoms with E-state index in [0.29, 0.717) is 31.4 Å². The molecule has 0 aliphatic carbocycles. The Hall–Kier alpha value is -2.02. The zero-order valence-corrected chi connectivity index (χ0v) is 14.7. The summed E-state index contributed by atoms with van der Waals surface area (Å²) in [5.74, 6) is -1.52. The Balaban J connectivity index is 2.30. The molecule has 0 fully saturated rings. The number of thiophene rings is 1. The highest BCUT2D eigenvalue weighted by Crippen LogP contribution is 2.35. The molecule has 0 spiro atoms. The van der Waals surface area contributed by atoms with Crippen LogP contribution in [0.25, 0.3) is 10.9 Å². The molecule has 2 aromatic heterocycles. The monoisotopic (exact) mass is 383 g/mol. The van der Waals surface area contributed by atoms with Crippen LogP contribution in [0.3, 0.4) is 0 Å². The second-order valence-electron chi connectivity index (χ2n) is 5.20. The lowest BCUT2D eigenvalue weighted by Crippen LogP contribution is -2.12. The first-order valence-electron chi connectivity index (χ1n) is 6.83. The quantitative estimate of drug-likeness (QED) is 0.704. The molecule has 1 aromatic carbocycles. The summed E-state index contributed by atoms with van der Waals surface area (Å²) in [6.07, 6.45) is -0.269. The summed E-state index contributed by atoms with van der Waals surface area (Å²) in [6, 6.07) is 6.07. The van der Waals surface area contributed by atoms with Gasteiger partial charge in [0.15, 0.2) is 0 Å². The second-order valence-corrected chi connectivity index (χ2v) is 7.32. The van der Waals surface area contributed by atoms with Crippen LogP contribution in [0, 0.1) is 6.92 Å². The van der Waals surface area contributed by atoms with Gasteiger partial charge in [0.25, 0.3) is 5.91 Å². The van der Waals surface area contributed by atoms with Crippen LogP contribution in [-0.4, -0.2) is 26.7 Å². The van der Waals surface area contributed by atoms with Gasteiger partial charge in [-0.1, -0.05) is 23.2 Å². The number of hydrogen-bond acceptors (Lipinski definition) is 4. The Kier molecular flexibility index (Phi) is 4.29. The van der Waals surface area contributed by atoms with Gasteiger partial charge in [0.2, 0.25) is 0 Å². The second kappa shape index (κ2) is 6.12. The van der Waals surface area contributed by atoms with Gasteiger partial charge in [0, 0.05) is 11.1 Å². The fraction of sp³-hybridized carbons (Fsp3) is 0.125. The Morgan fingerprint density at radius 1 is 1.25 bits per heavy atom. The number of phenols is 1. The SMILES string of the molecule is Cc1c(CC(=O)O)c2cc(O)c(Cl)cc2n1C(=O)c1ccc(Cl)s1. The van der Waals surface area contributed by atoms with Crippen molar-refractivity contribution in [1.29, 1.82) is 0 Å². The van der Waals surface area contributed by atoms with Crippen molar-refractivity contribution in [2.45, 2.75) is 13.3 Å². The van der Waals surface area contributed by atoms with Crippen LogP contribution in [-0.2, 0) is 11.2 Å². The third kappa shape index (κ3) is 2.77. The number of aliphatic carboxylic acids is 1. The fourth-order valence-corrected chi connectivity index (χ4v) is 3.80. The third-order valence-corrected chi connectivity index (χ3v) is 5.24. The van der Waals surface area contributed by atoms with Crippen LogP contribution < -0.4 is 0 Å². The van der Waals surface area contributed by atoms with E-state index in [9.17, 15) is 14.7 Å². The van der Waals surface area contributed by atoms with Crippen molar-refractivity contribution in [2.24, 2.45) is 0 Å². The normalized spacial score (nSPS) is 11.1. The maximum atomic E-state index is 12.9. The van der Waals surface area contributed by atoms with E-state index in [2.05, 4.69) is 0 Å². The lowest BCUT2D eigenvalue weighted by molar-refractivity contribution is -0.136. The Morgan fingerprint density at radius 2 is 1.96 bits per heavy atom. The molecule has 8 heteroatoms. The van der Waals surface area contributed by atoms with Gasteiger partial charge in [0.1, 0.15) is 5.75 Å². The first-order chi connectivity index (χ1) is 11.3. The molecule has 0 bridgehead atoms. The summed E-state index contributed by atoms with van der Waals surface area (Å²) in [5.41, 5.74) is 1.39. The van der Waals surface area contributed by atoms with E-state index >= 15 is 0 Å². The largest absolute Gasteiger partial charge is 0.506 e. The molecule has 2 N–H and O–H groups in total. The number of carbonyl (C=O) groups excluding carboxylic acids is 1. The number of hydrogen-bond donors (Lipinski definition) is 2. The van der Waals surface area contributed by atoms with Gasteiger partial charge in [-0.15, -0.1) is 11.3 Å². The van der Waals surface area contributed by atoms with Crippen molar-refractivity contribution < 1.29 is 19.8 Å². The van der Waals surface area contributed by atoms with Crippen LogP contribution in [0.1, 0.15) is 20.9 Å². The highest BCUT2D eigenvalue weighted by molar-refractivity contribution is 7.18. The molecule has 0 radical (unpaired) electrons. The van der Waals surface area contributed by atoms with E-state index in [1.54, 1.807) is 19.1 Å². The minimum Gasteiger partial charge on any atom is -0.506 e. The highest BCUT2D eigenvalue weighted by Gasteiger charge is 2.23. The number of fused-ring (bicyclic) bond motifs is 1. The van der Waals surface area contributed by atoms with Gasteiger partial charge >= 0.3 is 5.97 Å². The molecule has 0 atom stereocenters. The van der Waals surface area contributed by atoms with Gasteiger partial charge in [-0.25, -0.2) is 0 Å². The molecule has 3 aromatic rings. The molecule has 0 aliphatic rings. The molecular weight excluding hydrogens is 373 g/mol. The van der Waals surface area contributed by atoms with Crippen molar-refractivity contribution in [3.8, 4) is 5.75 Å². The summed E-state index contributed by atoms with van der Waals surface area (Å²) >= 11 is 13.0. The van der Waals surface area contributed by atoms with Crippen molar-refractivity contribution in [1.82, 2.24) is 4.57 Å². The van der Waals surface area contributed by atoms with Gasteiger partial charge in [-0.3, -0.25) is 14.2 Å². The molecule has 0 saturated heterocycles. The average molecular weight is 384 g/mol. The van der Waals surface area contributed by atoms with Gasteiger partial charge in [-0.2, -0.15) is 0 Å². The fourth-order valence-electron chi connectivity index (χ4n) is 2.66. The van der Waals surface area contributed by atoms with Crippen molar-refractivity contribution >= 4 is 57.3 Å². The molecule has 0 aliphatic heterocycles. The van der Waals surface area contributed by atoms with E-state index in [1.807, 2.05) is 0 Å². The predicted molar refractivity (Wildman–Crippen MR) is 93.7 cm³/mol. The zero-order chi connectivity index (χ0) is 17.6.